The molecule has 1 aromatic heterocycles. The Labute approximate surface area is 192 Å². The summed E-state index contributed by atoms with van der Waals surface area (Å²) in [4.78, 5) is 15.0. The second-order valence-electron chi connectivity index (χ2n) is 8.32. The Hall–Kier alpha value is -3.03. The normalized spacial score (nSPS) is 20.4. The Morgan fingerprint density at radius 1 is 1.16 bits per heavy atom. The van der Waals surface area contributed by atoms with Gasteiger partial charge in [-0.15, -0.1) is 5.10 Å². The molecule has 2 aromatic carbocycles. The predicted molar refractivity (Wildman–Crippen MR) is 125 cm³/mol. The molecule has 0 saturated carbocycles. The fourth-order valence-corrected chi connectivity index (χ4v) is 4.80. The fourth-order valence-electron chi connectivity index (χ4n) is 4.56. The second kappa shape index (κ2) is 8.84. The number of anilines is 1. The lowest BCUT2D eigenvalue weighted by Gasteiger charge is -2.27. The molecule has 2 N–H and O–H groups in total. The molecule has 0 unspecified atom stereocenters. The number of aromatic nitrogens is 2. The topological polar surface area (TPSA) is 71.4 Å². The van der Waals surface area contributed by atoms with Crippen molar-refractivity contribution in [3.63, 3.8) is 0 Å². The molecule has 0 aliphatic carbocycles. The highest BCUT2D eigenvalue weighted by Crippen LogP contribution is 2.37. The van der Waals surface area contributed by atoms with Crippen LogP contribution in [0.1, 0.15) is 42.5 Å². The van der Waals surface area contributed by atoms with E-state index in [0.29, 0.717) is 35.7 Å². The van der Waals surface area contributed by atoms with E-state index in [1.165, 1.54) is 18.4 Å². The molecular formula is C24H26ClN5O2. The average Bonchev–Trinajstić information content (AvgIpc) is 3.43. The number of ether oxygens (including phenoxy) is 1. The predicted octanol–water partition coefficient (Wildman–Crippen LogP) is 4.94. The first kappa shape index (κ1) is 20.8. The first-order valence-electron chi connectivity index (χ1n) is 10.9. The molecule has 0 radical (unpaired) electrons. The summed E-state index contributed by atoms with van der Waals surface area (Å²) in [7, 11) is 2.18. The number of likely N-dealkylation sites (tertiary alicyclic amines) is 1. The number of carbonyl (C=O) groups excluding carboxylic acids is 1. The van der Waals surface area contributed by atoms with Crippen LogP contribution in [0.25, 0.3) is 5.69 Å². The van der Waals surface area contributed by atoms with Crippen LogP contribution < -0.4 is 15.4 Å². The lowest BCUT2D eigenvalue weighted by Crippen LogP contribution is -2.35. The summed E-state index contributed by atoms with van der Waals surface area (Å²) in [5.74, 6) is 1.13. The van der Waals surface area contributed by atoms with E-state index >= 15 is 0 Å². The van der Waals surface area contributed by atoms with Crippen LogP contribution in [0.2, 0.25) is 5.02 Å². The monoisotopic (exact) mass is 451 g/mol. The van der Waals surface area contributed by atoms with Crippen molar-refractivity contribution < 1.29 is 9.53 Å². The molecule has 3 heterocycles. The van der Waals surface area contributed by atoms with E-state index in [0.717, 1.165) is 17.8 Å². The van der Waals surface area contributed by atoms with Crippen molar-refractivity contribution in [1.29, 1.82) is 0 Å². The Kier molecular flexibility index (Phi) is 5.76. The van der Waals surface area contributed by atoms with Gasteiger partial charge in [-0.25, -0.2) is 9.48 Å². The zero-order valence-corrected chi connectivity index (χ0v) is 18.7. The van der Waals surface area contributed by atoms with Crippen LogP contribution in [0, 0.1) is 0 Å². The molecule has 0 spiro atoms. The number of rotatable bonds is 4. The molecular weight excluding hydrogens is 426 g/mol. The van der Waals surface area contributed by atoms with Crippen LogP contribution in [0.15, 0.2) is 54.7 Å². The van der Waals surface area contributed by atoms with Crippen molar-refractivity contribution in [3.05, 3.63) is 70.9 Å². The number of carbonyl (C=O) groups is 1. The van der Waals surface area contributed by atoms with Crippen molar-refractivity contribution in [3.8, 4) is 11.4 Å². The maximum atomic E-state index is 12.6. The molecule has 32 heavy (non-hydrogen) atoms. The number of fused-ring (bicyclic) bond motifs is 1. The molecule has 2 aliphatic rings. The molecule has 1 saturated heterocycles. The molecule has 2 aliphatic heterocycles. The highest BCUT2D eigenvalue weighted by Gasteiger charge is 2.25. The van der Waals surface area contributed by atoms with Gasteiger partial charge in [-0.3, -0.25) is 10.2 Å². The maximum absolute atomic E-state index is 12.6. The van der Waals surface area contributed by atoms with E-state index in [1.54, 1.807) is 16.8 Å². The smallest absolute Gasteiger partial charge is 0.320 e. The zero-order valence-electron chi connectivity index (χ0n) is 17.9. The minimum atomic E-state index is -0.312. The summed E-state index contributed by atoms with van der Waals surface area (Å²) in [6, 6.07) is 15.8. The molecule has 0 bridgehead atoms. The molecule has 1 fully saturated rings. The van der Waals surface area contributed by atoms with E-state index in [-0.39, 0.29) is 12.1 Å². The molecule has 5 rings (SSSR count). The summed E-state index contributed by atoms with van der Waals surface area (Å²) in [5.41, 5.74) is 3.17. The highest BCUT2D eigenvalue weighted by molar-refractivity contribution is 6.32. The van der Waals surface area contributed by atoms with Gasteiger partial charge < -0.3 is 10.1 Å². The number of urea groups is 1. The van der Waals surface area contributed by atoms with E-state index in [4.69, 9.17) is 16.3 Å². The highest BCUT2D eigenvalue weighted by atomic mass is 35.5. The largest absolute Gasteiger partial charge is 0.492 e. The number of nitrogens with zero attached hydrogens (tertiary/aromatic N) is 3. The van der Waals surface area contributed by atoms with E-state index in [9.17, 15) is 4.79 Å². The van der Waals surface area contributed by atoms with E-state index in [2.05, 4.69) is 51.9 Å². The van der Waals surface area contributed by atoms with E-state index < -0.39 is 0 Å². The number of hydrogen-bond donors (Lipinski definition) is 2. The van der Waals surface area contributed by atoms with Crippen molar-refractivity contribution in [2.75, 3.05) is 25.5 Å². The van der Waals surface area contributed by atoms with Crippen LogP contribution in [0.3, 0.4) is 0 Å². The summed E-state index contributed by atoms with van der Waals surface area (Å²) in [5, 5.41) is 10.9. The van der Waals surface area contributed by atoms with Crippen LogP contribution in [0.4, 0.5) is 10.6 Å². The summed E-state index contributed by atoms with van der Waals surface area (Å²) >= 11 is 6.22. The van der Waals surface area contributed by atoms with Gasteiger partial charge in [0.15, 0.2) is 5.82 Å². The van der Waals surface area contributed by atoms with Gasteiger partial charge in [-0.2, -0.15) is 0 Å². The van der Waals surface area contributed by atoms with Gasteiger partial charge in [0.2, 0.25) is 0 Å². The maximum Gasteiger partial charge on any atom is 0.320 e. The quantitative estimate of drug-likeness (QED) is 0.589. The van der Waals surface area contributed by atoms with Gasteiger partial charge in [0.05, 0.1) is 23.4 Å². The lowest BCUT2D eigenvalue weighted by molar-refractivity contribution is 0.232. The van der Waals surface area contributed by atoms with Gasteiger partial charge in [-0.05, 0) is 50.2 Å². The number of halogens is 1. The first-order chi connectivity index (χ1) is 15.6. The van der Waals surface area contributed by atoms with Gasteiger partial charge in [0.1, 0.15) is 5.75 Å². The number of hydrogen-bond acceptors (Lipinski definition) is 4. The SMILES string of the molecule is CN1CCC[C@@H]1c1ccc(-n2ccc(NC(=O)N[C@H]3CCOc4c(Cl)cccc43)n2)cc1. The van der Waals surface area contributed by atoms with Crippen LogP contribution in [-0.4, -0.2) is 40.9 Å². The van der Waals surface area contributed by atoms with Crippen molar-refractivity contribution >= 4 is 23.4 Å². The molecule has 166 valence electrons. The zero-order chi connectivity index (χ0) is 22.1. The van der Waals surface area contributed by atoms with Gasteiger partial charge >= 0.3 is 6.03 Å². The Balaban J connectivity index is 1.23. The number of benzene rings is 2. The fraction of sp³-hybridized carbons (Fsp3) is 0.333. The lowest BCUT2D eigenvalue weighted by atomic mass is 10.0. The third-order valence-corrected chi connectivity index (χ3v) is 6.52. The Morgan fingerprint density at radius 3 is 2.78 bits per heavy atom. The van der Waals surface area contributed by atoms with Crippen molar-refractivity contribution in [2.24, 2.45) is 0 Å². The third-order valence-electron chi connectivity index (χ3n) is 6.22. The molecule has 8 heteroatoms. The minimum Gasteiger partial charge on any atom is -0.492 e. The Bertz CT molecular complexity index is 1110. The number of nitrogens with one attached hydrogen (secondary N) is 2. The van der Waals surface area contributed by atoms with Crippen LogP contribution in [0.5, 0.6) is 5.75 Å². The number of amides is 2. The number of para-hydroxylation sites is 1. The van der Waals surface area contributed by atoms with Gasteiger partial charge in [0.25, 0.3) is 0 Å². The molecule has 7 nitrogen and oxygen atoms in total. The minimum absolute atomic E-state index is 0.166. The Morgan fingerprint density at radius 2 is 2.00 bits per heavy atom. The van der Waals surface area contributed by atoms with Crippen molar-refractivity contribution in [1.82, 2.24) is 20.0 Å². The third kappa shape index (κ3) is 4.18. The summed E-state index contributed by atoms with van der Waals surface area (Å²) in [6.07, 6.45) is 4.96. The average molecular weight is 452 g/mol. The van der Waals surface area contributed by atoms with Gasteiger partial charge in [-0.1, -0.05) is 35.9 Å². The molecule has 2 atom stereocenters. The van der Waals surface area contributed by atoms with Crippen LogP contribution in [-0.2, 0) is 0 Å². The summed E-state index contributed by atoms with van der Waals surface area (Å²) < 4.78 is 7.43. The summed E-state index contributed by atoms with van der Waals surface area (Å²) in [6.45, 7) is 1.65. The molecule has 2 amide bonds. The second-order valence-corrected chi connectivity index (χ2v) is 8.73. The first-order valence-corrected chi connectivity index (χ1v) is 11.3. The van der Waals surface area contributed by atoms with Crippen LogP contribution >= 0.6 is 11.6 Å². The van der Waals surface area contributed by atoms with Crippen molar-refractivity contribution in [2.45, 2.75) is 31.3 Å². The van der Waals surface area contributed by atoms with Gasteiger partial charge in [0, 0.05) is 30.3 Å². The molecule has 3 aromatic rings. The standard InChI is InChI=1S/C24H26ClN5O2/c1-29-13-3-6-21(29)16-7-9-17(10-8-16)30-14-11-22(28-30)27-24(31)26-20-12-15-32-23-18(20)4-2-5-19(23)25/h2,4-5,7-11,14,20-21H,3,6,12-13,15H2,1H3,(H2,26,27,28,31)/t20-,21+/m0/s1. The van der Waals surface area contributed by atoms with E-state index in [1.807, 2.05) is 18.3 Å².